The van der Waals surface area contributed by atoms with E-state index in [1.807, 2.05) is 6.92 Å². The normalized spacial score (nSPS) is 10.2. The quantitative estimate of drug-likeness (QED) is 0.840. The van der Waals surface area contributed by atoms with Gasteiger partial charge in [0.15, 0.2) is 0 Å². The fourth-order valence-corrected chi connectivity index (χ4v) is 1.78. The van der Waals surface area contributed by atoms with E-state index in [4.69, 9.17) is 0 Å². The predicted molar refractivity (Wildman–Crippen MR) is 75.8 cm³/mol. The number of rotatable bonds is 5. The molecule has 0 radical (unpaired) electrons. The molecule has 1 aromatic heterocycles. The molecule has 0 bridgehead atoms. The van der Waals surface area contributed by atoms with Crippen molar-refractivity contribution in [2.24, 2.45) is 0 Å². The fourth-order valence-electron chi connectivity index (χ4n) is 1.78. The third-order valence-corrected chi connectivity index (χ3v) is 2.97. The Balaban J connectivity index is 2.01. The first kappa shape index (κ1) is 14.7. The van der Waals surface area contributed by atoms with Crippen LogP contribution in [0.3, 0.4) is 0 Å². The highest BCUT2D eigenvalue weighted by molar-refractivity contribution is 5.95. The first-order valence-electron chi connectivity index (χ1n) is 6.41. The minimum atomic E-state index is -0.437. The zero-order valence-corrected chi connectivity index (χ0v) is 11.9. The number of aromatic nitrogens is 3. The van der Waals surface area contributed by atoms with Gasteiger partial charge in [-0.25, -0.2) is 9.78 Å². The average molecular weight is 288 g/mol. The number of nitrogens with one attached hydrogen (secondary N) is 1. The van der Waals surface area contributed by atoms with E-state index in [1.165, 1.54) is 13.4 Å². The molecule has 0 aliphatic carbocycles. The van der Waals surface area contributed by atoms with Crippen molar-refractivity contribution in [2.45, 2.75) is 19.9 Å². The van der Waals surface area contributed by atoms with Crippen molar-refractivity contribution in [3.8, 4) is 0 Å². The van der Waals surface area contributed by atoms with Crippen LogP contribution in [0.1, 0.15) is 22.3 Å². The van der Waals surface area contributed by atoms with Crippen LogP contribution in [0.2, 0.25) is 0 Å². The molecule has 110 valence electrons. The highest BCUT2D eigenvalue weighted by atomic mass is 16.5. The molecule has 1 heterocycles. The molecule has 7 nitrogen and oxygen atoms in total. The van der Waals surface area contributed by atoms with Gasteiger partial charge in [0.25, 0.3) is 0 Å². The molecule has 0 aliphatic heterocycles. The number of methoxy groups -OCH3 is 1. The Labute approximate surface area is 121 Å². The molecule has 2 aromatic rings. The molecule has 0 atom stereocenters. The summed E-state index contributed by atoms with van der Waals surface area (Å²) in [4.78, 5) is 27.2. The van der Waals surface area contributed by atoms with Crippen molar-refractivity contribution in [2.75, 3.05) is 12.4 Å². The van der Waals surface area contributed by atoms with Crippen molar-refractivity contribution < 1.29 is 14.3 Å². The molecule has 0 unspecified atom stereocenters. The van der Waals surface area contributed by atoms with Gasteiger partial charge in [-0.3, -0.25) is 9.48 Å². The summed E-state index contributed by atoms with van der Waals surface area (Å²) in [6.45, 7) is 2.30. The standard InChI is InChI=1S/C14H16N4O3/c1-10-3-4-11(14(20)21-2)7-12(10)17-13(19)5-6-18-9-15-8-16-18/h3-4,7-9H,5-6H2,1-2H3,(H,17,19). The smallest absolute Gasteiger partial charge is 0.337 e. The maximum atomic E-state index is 11.9. The monoisotopic (exact) mass is 288 g/mol. The van der Waals surface area contributed by atoms with Crippen LogP contribution in [-0.4, -0.2) is 33.8 Å². The van der Waals surface area contributed by atoms with Crippen molar-refractivity contribution in [1.82, 2.24) is 14.8 Å². The largest absolute Gasteiger partial charge is 0.465 e. The number of benzene rings is 1. The van der Waals surface area contributed by atoms with E-state index in [2.05, 4.69) is 20.1 Å². The molecule has 0 saturated heterocycles. The molecule has 1 amide bonds. The van der Waals surface area contributed by atoms with Crippen LogP contribution in [0.5, 0.6) is 0 Å². The van der Waals surface area contributed by atoms with Gasteiger partial charge in [-0.1, -0.05) is 6.07 Å². The first-order chi connectivity index (χ1) is 10.1. The Morgan fingerprint density at radius 1 is 1.38 bits per heavy atom. The van der Waals surface area contributed by atoms with Crippen LogP contribution < -0.4 is 5.32 Å². The summed E-state index contributed by atoms with van der Waals surface area (Å²) in [5.74, 6) is -0.594. The maximum Gasteiger partial charge on any atom is 0.337 e. The van der Waals surface area contributed by atoms with Gasteiger partial charge in [-0.2, -0.15) is 5.10 Å². The number of esters is 1. The minimum absolute atomic E-state index is 0.157. The van der Waals surface area contributed by atoms with Gasteiger partial charge in [-0.05, 0) is 24.6 Å². The third kappa shape index (κ3) is 3.88. The predicted octanol–water partition coefficient (Wildman–Crippen LogP) is 1.40. The van der Waals surface area contributed by atoms with Crippen molar-refractivity contribution >= 4 is 17.6 Å². The van der Waals surface area contributed by atoms with E-state index in [0.717, 1.165) is 5.56 Å². The zero-order valence-electron chi connectivity index (χ0n) is 11.9. The van der Waals surface area contributed by atoms with Crippen LogP contribution in [-0.2, 0) is 16.1 Å². The number of hydrogen-bond acceptors (Lipinski definition) is 5. The number of nitrogens with zero attached hydrogens (tertiary/aromatic N) is 3. The van der Waals surface area contributed by atoms with E-state index in [0.29, 0.717) is 17.8 Å². The first-order valence-corrected chi connectivity index (χ1v) is 6.41. The number of amides is 1. The van der Waals surface area contributed by atoms with Crippen LogP contribution in [0.4, 0.5) is 5.69 Å². The Morgan fingerprint density at radius 3 is 2.86 bits per heavy atom. The number of hydrogen-bond donors (Lipinski definition) is 1. The van der Waals surface area contributed by atoms with Crippen molar-refractivity contribution in [1.29, 1.82) is 0 Å². The van der Waals surface area contributed by atoms with E-state index in [9.17, 15) is 9.59 Å². The molecule has 7 heteroatoms. The summed E-state index contributed by atoms with van der Waals surface area (Å²) >= 11 is 0. The topological polar surface area (TPSA) is 86.1 Å². The second kappa shape index (κ2) is 6.65. The van der Waals surface area contributed by atoms with Crippen LogP contribution in [0.25, 0.3) is 0 Å². The van der Waals surface area contributed by atoms with E-state index < -0.39 is 5.97 Å². The molecular formula is C14H16N4O3. The van der Waals surface area contributed by atoms with Gasteiger partial charge in [0.2, 0.25) is 5.91 Å². The molecule has 21 heavy (non-hydrogen) atoms. The van der Waals surface area contributed by atoms with Crippen molar-refractivity contribution in [3.63, 3.8) is 0 Å². The van der Waals surface area contributed by atoms with Gasteiger partial charge in [0.1, 0.15) is 12.7 Å². The maximum absolute atomic E-state index is 11.9. The summed E-state index contributed by atoms with van der Waals surface area (Å²) in [5.41, 5.74) is 1.87. The van der Waals surface area contributed by atoms with Crippen LogP contribution in [0.15, 0.2) is 30.9 Å². The molecule has 0 aliphatic rings. The van der Waals surface area contributed by atoms with Gasteiger partial charge < -0.3 is 10.1 Å². The molecule has 1 N–H and O–H groups in total. The van der Waals surface area contributed by atoms with E-state index in [-0.39, 0.29) is 12.3 Å². The summed E-state index contributed by atoms with van der Waals surface area (Å²) in [6.07, 6.45) is 3.24. The molecule has 1 aromatic carbocycles. The van der Waals surface area contributed by atoms with E-state index >= 15 is 0 Å². The summed E-state index contributed by atoms with van der Waals surface area (Å²) in [5, 5.41) is 6.71. The van der Waals surface area contributed by atoms with Gasteiger partial charge in [0, 0.05) is 12.1 Å². The highest BCUT2D eigenvalue weighted by Crippen LogP contribution is 2.17. The van der Waals surface area contributed by atoms with Gasteiger partial charge in [0.05, 0.1) is 19.2 Å². The summed E-state index contributed by atoms with van der Waals surface area (Å²) in [7, 11) is 1.32. The van der Waals surface area contributed by atoms with Gasteiger partial charge >= 0.3 is 5.97 Å². The van der Waals surface area contributed by atoms with Crippen LogP contribution >= 0.6 is 0 Å². The Hall–Kier alpha value is -2.70. The second-order valence-electron chi connectivity index (χ2n) is 4.48. The molecule has 0 spiro atoms. The van der Waals surface area contributed by atoms with E-state index in [1.54, 1.807) is 29.2 Å². The lowest BCUT2D eigenvalue weighted by molar-refractivity contribution is -0.116. The number of ether oxygens (including phenoxy) is 1. The summed E-state index contributed by atoms with van der Waals surface area (Å²) in [6, 6.07) is 5.03. The SMILES string of the molecule is COC(=O)c1ccc(C)c(NC(=O)CCn2cncn2)c1. The third-order valence-electron chi connectivity index (χ3n) is 2.97. The lowest BCUT2D eigenvalue weighted by Crippen LogP contribution is -2.16. The lowest BCUT2D eigenvalue weighted by atomic mass is 10.1. The number of carbonyl (C=O) groups excluding carboxylic acids is 2. The summed E-state index contributed by atoms with van der Waals surface area (Å²) < 4.78 is 6.24. The molecular weight excluding hydrogens is 272 g/mol. The molecule has 0 fully saturated rings. The lowest BCUT2D eigenvalue weighted by Gasteiger charge is -2.10. The van der Waals surface area contributed by atoms with Crippen LogP contribution in [0, 0.1) is 6.92 Å². The number of aryl methyl sites for hydroxylation is 2. The minimum Gasteiger partial charge on any atom is -0.465 e. The van der Waals surface area contributed by atoms with Gasteiger partial charge in [-0.15, -0.1) is 0 Å². The Morgan fingerprint density at radius 2 is 2.19 bits per heavy atom. The Kier molecular flexibility index (Phi) is 4.65. The zero-order chi connectivity index (χ0) is 15.2. The Bertz CT molecular complexity index is 638. The number of anilines is 1. The fraction of sp³-hybridized carbons (Fsp3) is 0.286. The highest BCUT2D eigenvalue weighted by Gasteiger charge is 2.10. The second-order valence-corrected chi connectivity index (χ2v) is 4.48. The molecule has 0 saturated carbocycles. The number of carbonyl (C=O) groups is 2. The average Bonchev–Trinajstić information content (AvgIpc) is 3.00. The molecule has 2 rings (SSSR count). The van der Waals surface area contributed by atoms with Crippen molar-refractivity contribution in [3.05, 3.63) is 42.0 Å².